The van der Waals surface area contributed by atoms with E-state index in [9.17, 15) is 0 Å². The number of rotatable bonds is 12. The lowest BCUT2D eigenvalue weighted by Crippen LogP contribution is -2.01. The van der Waals surface area contributed by atoms with E-state index in [-0.39, 0.29) is 0 Å². The van der Waals surface area contributed by atoms with Crippen LogP contribution < -0.4 is 0 Å². The summed E-state index contributed by atoms with van der Waals surface area (Å²) in [6.07, 6.45) is 14.7. The molecular formula is C101H65N13. The molecule has 0 aliphatic rings. The predicted molar refractivity (Wildman–Crippen MR) is 461 cm³/mol. The van der Waals surface area contributed by atoms with Gasteiger partial charge in [0.15, 0.2) is 23.3 Å². The first-order valence-electron chi connectivity index (χ1n) is 37.5. The van der Waals surface area contributed by atoms with Gasteiger partial charge in [0.05, 0.1) is 55.9 Å². The van der Waals surface area contributed by atoms with Crippen LogP contribution in [0.3, 0.4) is 0 Å². The van der Waals surface area contributed by atoms with Crippen molar-refractivity contribution in [1.82, 2.24) is 64.8 Å². The molecule has 0 aliphatic heterocycles. The number of hydrogen-bond donors (Lipinski definition) is 0. The smallest absolute Gasteiger partial charge is 0.164 e. The molecule has 21 aromatic rings. The van der Waals surface area contributed by atoms with Gasteiger partial charge >= 0.3 is 0 Å². The van der Waals surface area contributed by atoms with Gasteiger partial charge in [0.1, 0.15) is 0 Å². The van der Waals surface area contributed by atoms with Gasteiger partial charge in [-0.05, 0) is 148 Å². The third-order valence-electron chi connectivity index (χ3n) is 20.3. The number of benzene rings is 11. The molecule has 534 valence electrons. The highest BCUT2D eigenvalue weighted by molar-refractivity contribution is 5.99. The number of hydrogen-bond acceptors (Lipinski definition) is 13. The Hall–Kier alpha value is -15.7. The van der Waals surface area contributed by atoms with E-state index in [0.29, 0.717) is 23.3 Å². The maximum absolute atomic E-state index is 5.10. The number of pyridine rings is 8. The van der Waals surface area contributed by atoms with Crippen LogP contribution in [-0.2, 0) is 0 Å². The summed E-state index contributed by atoms with van der Waals surface area (Å²) in [5.41, 5.74) is 26.0. The summed E-state index contributed by atoms with van der Waals surface area (Å²) in [6, 6.07) is 118. The van der Waals surface area contributed by atoms with Crippen LogP contribution in [0.4, 0.5) is 0 Å². The maximum Gasteiger partial charge on any atom is 0.164 e. The third kappa shape index (κ3) is 14.4. The second-order valence-corrected chi connectivity index (χ2v) is 27.4. The molecule has 13 nitrogen and oxygen atoms in total. The van der Waals surface area contributed by atoms with Gasteiger partial charge in [-0.2, -0.15) is 0 Å². The molecule has 114 heavy (non-hydrogen) atoms. The molecule has 21 rings (SSSR count). The molecule has 0 atom stereocenters. The Morgan fingerprint density at radius 1 is 0.158 bits per heavy atom. The monoisotopic (exact) mass is 1460 g/mol. The third-order valence-corrected chi connectivity index (χ3v) is 20.3. The van der Waals surface area contributed by atoms with E-state index in [1.165, 1.54) is 16.7 Å². The fourth-order valence-corrected chi connectivity index (χ4v) is 14.5. The molecular weight excluding hydrogens is 1400 g/mol. The summed E-state index contributed by atoms with van der Waals surface area (Å²) in [4.78, 5) is 61.8. The van der Waals surface area contributed by atoms with Crippen molar-refractivity contribution >= 4 is 65.4 Å². The Kier molecular flexibility index (Phi) is 18.8. The van der Waals surface area contributed by atoms with E-state index in [2.05, 4.69) is 213 Å². The summed E-state index contributed by atoms with van der Waals surface area (Å²) >= 11 is 0. The molecule has 10 heterocycles. The van der Waals surface area contributed by atoms with Gasteiger partial charge < -0.3 is 0 Å². The number of nitrogens with zero attached hydrogens (tertiary/aromatic N) is 13. The molecule has 0 spiro atoms. The van der Waals surface area contributed by atoms with Crippen LogP contribution in [0.5, 0.6) is 0 Å². The highest BCUT2D eigenvalue weighted by Crippen LogP contribution is 2.39. The SMILES string of the molecule is c1cc(-c2cc(-c3cccc4ncccc34)nc(-c3ccc(-c4ccncc4)cc3)n2)c2cccnc2c1.c1ccc(-c2ccc(-c3cc(-c4cnc5ccccc5c4)nc(-c4cnc5ccccc5c4)c3)cc2)cc1.c1ccc(-c2ccc(-c3nc(-c4cccc5ncccc45)nc(-c4cccc5ncccc45)n3)cc2)cc1. The van der Waals surface area contributed by atoms with E-state index >= 15 is 0 Å². The van der Waals surface area contributed by atoms with Crippen molar-refractivity contribution in [2.75, 3.05) is 0 Å². The van der Waals surface area contributed by atoms with Gasteiger partial charge in [0.2, 0.25) is 0 Å². The summed E-state index contributed by atoms with van der Waals surface area (Å²) in [6.45, 7) is 0. The summed E-state index contributed by atoms with van der Waals surface area (Å²) < 4.78 is 0. The van der Waals surface area contributed by atoms with Gasteiger partial charge in [-0.15, -0.1) is 0 Å². The lowest BCUT2D eigenvalue weighted by atomic mass is 9.97. The lowest BCUT2D eigenvalue weighted by molar-refractivity contribution is 1.08. The highest BCUT2D eigenvalue weighted by atomic mass is 15.0. The summed E-state index contributed by atoms with van der Waals surface area (Å²) in [7, 11) is 0. The minimum absolute atomic E-state index is 0.608. The highest BCUT2D eigenvalue weighted by Gasteiger charge is 2.20. The fraction of sp³-hybridized carbons (Fsp3) is 0. The molecule has 0 saturated heterocycles. The molecule has 0 bridgehead atoms. The van der Waals surface area contributed by atoms with Crippen LogP contribution >= 0.6 is 0 Å². The van der Waals surface area contributed by atoms with Gasteiger partial charge in [-0.25, -0.2) is 29.9 Å². The lowest BCUT2D eigenvalue weighted by Gasteiger charge is -2.12. The van der Waals surface area contributed by atoms with Gasteiger partial charge in [0.25, 0.3) is 0 Å². The van der Waals surface area contributed by atoms with Gasteiger partial charge in [-0.1, -0.05) is 243 Å². The first kappa shape index (κ1) is 68.8. The molecule has 13 heteroatoms. The van der Waals surface area contributed by atoms with E-state index in [1.54, 1.807) is 24.8 Å². The van der Waals surface area contributed by atoms with E-state index in [4.69, 9.17) is 39.9 Å². The number of para-hydroxylation sites is 2. The van der Waals surface area contributed by atoms with E-state index in [1.807, 2.05) is 183 Å². The quantitative estimate of drug-likeness (QED) is 0.113. The van der Waals surface area contributed by atoms with Crippen LogP contribution in [0.1, 0.15) is 0 Å². The number of aromatic nitrogens is 13. The van der Waals surface area contributed by atoms with Crippen LogP contribution in [0.25, 0.3) is 201 Å². The molecule has 10 aromatic heterocycles. The first-order chi connectivity index (χ1) is 56.5. The topological polar surface area (TPSA) is 168 Å². The Balaban J connectivity index is 0.000000115. The van der Waals surface area contributed by atoms with Crippen LogP contribution in [-0.4, -0.2) is 64.8 Å². The molecule has 0 saturated carbocycles. The molecule has 0 aliphatic carbocycles. The maximum atomic E-state index is 5.10. The Morgan fingerprint density at radius 3 is 0.904 bits per heavy atom. The summed E-state index contributed by atoms with van der Waals surface area (Å²) in [5.74, 6) is 2.50. The Labute approximate surface area is 656 Å². The minimum atomic E-state index is 0.608. The average Bonchev–Trinajstić information content (AvgIpc) is 0.773. The average molecular weight is 1460 g/mol. The van der Waals surface area contributed by atoms with Crippen molar-refractivity contribution in [2.45, 2.75) is 0 Å². The van der Waals surface area contributed by atoms with E-state index in [0.717, 1.165) is 161 Å². The van der Waals surface area contributed by atoms with Crippen LogP contribution in [0, 0.1) is 0 Å². The zero-order valence-corrected chi connectivity index (χ0v) is 61.3. The van der Waals surface area contributed by atoms with E-state index < -0.39 is 0 Å². The molecule has 0 radical (unpaired) electrons. The largest absolute Gasteiger partial charge is 0.265 e. The van der Waals surface area contributed by atoms with Crippen LogP contribution in [0.2, 0.25) is 0 Å². The fourth-order valence-electron chi connectivity index (χ4n) is 14.5. The number of fused-ring (bicyclic) bond motifs is 6. The molecule has 0 amide bonds. The Bertz CT molecular complexity index is 6500. The standard InChI is InChI=1S/C35H23N3.2C33H21N5/c1-2-8-24(9-3-1)25-14-16-26(17-15-25)29-20-34(30-18-27-10-4-6-12-32(27)36-22-30)38-35(21-29)31-19-28-11-5-7-13-33(28)37-23-31;1-5-27(25-7-3-17-35-29(25)9-1)31-21-32(28-6-2-10-30-26(28)8-4-18-36-30)38-33(37-31)24-13-11-22(12-14-24)23-15-19-34-20-16-23;1-2-8-22(9-3-1)23-16-18-24(19-17-23)31-36-32(27-10-4-14-29-25(27)12-6-20-34-29)38-33(37-31)28-11-5-15-30-26(28)13-7-21-35-30/h1-23H;2*1-21H. The van der Waals surface area contributed by atoms with Crippen molar-refractivity contribution in [3.63, 3.8) is 0 Å². The van der Waals surface area contributed by atoms with Crippen molar-refractivity contribution in [3.8, 4) is 135 Å². The second-order valence-electron chi connectivity index (χ2n) is 27.4. The van der Waals surface area contributed by atoms with Crippen LogP contribution in [0.15, 0.2) is 395 Å². The zero-order valence-electron chi connectivity index (χ0n) is 61.3. The molecule has 0 fully saturated rings. The van der Waals surface area contributed by atoms with Gasteiger partial charge in [0, 0.05) is 126 Å². The normalized spacial score (nSPS) is 11.2. The molecule has 11 aromatic carbocycles. The van der Waals surface area contributed by atoms with Crippen molar-refractivity contribution in [1.29, 1.82) is 0 Å². The predicted octanol–water partition coefficient (Wildman–Crippen LogP) is 24.1. The van der Waals surface area contributed by atoms with Crippen molar-refractivity contribution in [2.24, 2.45) is 0 Å². The van der Waals surface area contributed by atoms with Crippen molar-refractivity contribution < 1.29 is 0 Å². The summed E-state index contributed by atoms with van der Waals surface area (Å²) in [5, 5.41) is 6.29. The molecule has 0 N–H and O–H groups in total. The van der Waals surface area contributed by atoms with Crippen molar-refractivity contribution in [3.05, 3.63) is 395 Å². The Morgan fingerprint density at radius 2 is 0.482 bits per heavy atom. The minimum Gasteiger partial charge on any atom is -0.265 e. The second kappa shape index (κ2) is 31.1. The zero-order chi connectivity index (χ0) is 75.9. The molecule has 0 unspecified atom stereocenters. The first-order valence-corrected chi connectivity index (χ1v) is 37.5. The van der Waals surface area contributed by atoms with Gasteiger partial charge in [-0.3, -0.25) is 34.9 Å².